The van der Waals surface area contributed by atoms with Crippen LogP contribution in [0.15, 0.2) is 18.2 Å². The predicted octanol–water partition coefficient (Wildman–Crippen LogP) is 1.64. The van der Waals surface area contributed by atoms with Crippen molar-refractivity contribution in [2.24, 2.45) is 5.92 Å². The maximum atomic E-state index is 13.3. The Balaban J connectivity index is 2.62. The summed E-state index contributed by atoms with van der Waals surface area (Å²) in [5, 5.41) is 11.6. The summed E-state index contributed by atoms with van der Waals surface area (Å²) >= 11 is 0. The lowest BCUT2D eigenvalue weighted by molar-refractivity contribution is -0.121. The van der Waals surface area contributed by atoms with Crippen LogP contribution in [0.1, 0.15) is 19.4 Å². The zero-order valence-electron chi connectivity index (χ0n) is 10.4. The highest BCUT2D eigenvalue weighted by Gasteiger charge is 2.16. The van der Waals surface area contributed by atoms with Gasteiger partial charge in [0, 0.05) is 18.2 Å². The molecule has 2 unspecified atom stereocenters. The van der Waals surface area contributed by atoms with E-state index >= 15 is 0 Å². The maximum Gasteiger partial charge on any atom is 0.224 e. The Hall–Kier alpha value is -1.49. The van der Waals surface area contributed by atoms with E-state index in [1.807, 2.05) is 0 Å². The number of benzene rings is 1. The molecule has 2 N–H and O–H groups in total. The van der Waals surface area contributed by atoms with Gasteiger partial charge >= 0.3 is 0 Å². The van der Waals surface area contributed by atoms with Gasteiger partial charge in [-0.2, -0.15) is 0 Å². The lowest BCUT2D eigenvalue weighted by atomic mass is 10.0. The van der Waals surface area contributed by atoms with E-state index in [1.54, 1.807) is 13.8 Å². The third-order valence-corrected chi connectivity index (χ3v) is 2.91. The first-order chi connectivity index (χ1) is 8.45. The fourth-order valence-electron chi connectivity index (χ4n) is 1.46. The quantitative estimate of drug-likeness (QED) is 0.842. The molecule has 3 nitrogen and oxygen atoms in total. The monoisotopic (exact) mass is 257 g/mol. The number of aliphatic hydroxyl groups is 1. The minimum atomic E-state index is -0.990. The van der Waals surface area contributed by atoms with Crippen molar-refractivity contribution in [2.75, 3.05) is 6.61 Å². The van der Waals surface area contributed by atoms with E-state index in [1.165, 1.54) is 12.1 Å². The molecule has 0 bridgehead atoms. The molecule has 0 saturated carbocycles. The highest BCUT2D eigenvalue weighted by atomic mass is 19.2. The van der Waals surface area contributed by atoms with E-state index in [2.05, 4.69) is 5.32 Å². The summed E-state index contributed by atoms with van der Waals surface area (Å²) < 4.78 is 26.3. The van der Waals surface area contributed by atoms with E-state index < -0.39 is 17.5 Å². The molecule has 0 saturated heterocycles. The van der Waals surface area contributed by atoms with E-state index in [0.29, 0.717) is 0 Å². The normalized spacial score (nSPS) is 14.1. The lowest BCUT2D eigenvalue weighted by Crippen LogP contribution is -2.39. The van der Waals surface area contributed by atoms with Gasteiger partial charge in [0.05, 0.1) is 6.42 Å². The number of carbonyl (C=O) groups excluding carboxylic acids is 1. The van der Waals surface area contributed by atoms with Crippen molar-refractivity contribution in [3.63, 3.8) is 0 Å². The summed E-state index contributed by atoms with van der Waals surface area (Å²) in [6, 6.07) is 3.52. The Morgan fingerprint density at radius 1 is 1.39 bits per heavy atom. The van der Waals surface area contributed by atoms with E-state index in [-0.39, 0.29) is 30.6 Å². The van der Waals surface area contributed by atoms with Gasteiger partial charge in [0.2, 0.25) is 5.91 Å². The average Bonchev–Trinajstić information content (AvgIpc) is 2.33. The summed E-state index contributed by atoms with van der Waals surface area (Å²) in [5.74, 6) is -2.44. The summed E-state index contributed by atoms with van der Waals surface area (Å²) in [7, 11) is 0. The van der Waals surface area contributed by atoms with E-state index in [0.717, 1.165) is 6.07 Å². The van der Waals surface area contributed by atoms with Crippen LogP contribution in [0.4, 0.5) is 8.78 Å². The van der Waals surface area contributed by atoms with Gasteiger partial charge in [-0.3, -0.25) is 4.79 Å². The number of amides is 1. The maximum absolute atomic E-state index is 13.3. The molecule has 100 valence electrons. The fourth-order valence-corrected chi connectivity index (χ4v) is 1.46. The van der Waals surface area contributed by atoms with Crippen LogP contribution in [-0.4, -0.2) is 23.7 Å². The third kappa shape index (κ3) is 3.77. The molecule has 0 radical (unpaired) electrons. The molecule has 18 heavy (non-hydrogen) atoms. The van der Waals surface area contributed by atoms with Gasteiger partial charge in [-0.1, -0.05) is 19.1 Å². The van der Waals surface area contributed by atoms with Crippen LogP contribution >= 0.6 is 0 Å². The second-order valence-electron chi connectivity index (χ2n) is 4.41. The van der Waals surface area contributed by atoms with Crippen molar-refractivity contribution >= 4 is 5.91 Å². The zero-order chi connectivity index (χ0) is 13.7. The molecule has 0 fully saturated rings. The highest BCUT2D eigenvalue weighted by Crippen LogP contribution is 2.12. The molecule has 1 rings (SSSR count). The molecule has 1 aromatic carbocycles. The Kier molecular flexibility index (Phi) is 5.22. The minimum absolute atomic E-state index is 0.0244. The molecule has 1 aromatic rings. The number of rotatable bonds is 5. The van der Waals surface area contributed by atoms with Crippen LogP contribution in [0, 0.1) is 17.6 Å². The van der Waals surface area contributed by atoms with Crippen LogP contribution < -0.4 is 5.32 Å². The van der Waals surface area contributed by atoms with Crippen LogP contribution in [0.3, 0.4) is 0 Å². The van der Waals surface area contributed by atoms with Gasteiger partial charge in [0.15, 0.2) is 11.6 Å². The van der Waals surface area contributed by atoms with Crippen molar-refractivity contribution in [1.82, 2.24) is 5.32 Å². The summed E-state index contributed by atoms with van der Waals surface area (Å²) in [6.45, 7) is 3.49. The van der Waals surface area contributed by atoms with Gasteiger partial charge in [-0.15, -0.1) is 0 Å². The third-order valence-electron chi connectivity index (χ3n) is 2.91. The number of carbonyl (C=O) groups is 1. The largest absolute Gasteiger partial charge is 0.396 e. The molecule has 1 amide bonds. The van der Waals surface area contributed by atoms with Crippen LogP contribution in [0.25, 0.3) is 0 Å². The Morgan fingerprint density at radius 2 is 2.06 bits per heavy atom. The topological polar surface area (TPSA) is 49.3 Å². The first-order valence-corrected chi connectivity index (χ1v) is 5.78. The van der Waals surface area contributed by atoms with Crippen LogP contribution in [0.5, 0.6) is 0 Å². The molecule has 0 aliphatic rings. The van der Waals surface area contributed by atoms with Crippen molar-refractivity contribution in [3.8, 4) is 0 Å². The van der Waals surface area contributed by atoms with Gasteiger partial charge in [-0.05, 0) is 18.9 Å². The van der Waals surface area contributed by atoms with Crippen LogP contribution in [0.2, 0.25) is 0 Å². The average molecular weight is 257 g/mol. The molecular weight excluding hydrogens is 240 g/mol. The molecule has 0 heterocycles. The fraction of sp³-hybridized carbons (Fsp3) is 0.462. The number of hydrogen-bond acceptors (Lipinski definition) is 2. The number of halogens is 2. The van der Waals surface area contributed by atoms with Gasteiger partial charge < -0.3 is 10.4 Å². The zero-order valence-corrected chi connectivity index (χ0v) is 10.4. The summed E-state index contributed by atoms with van der Waals surface area (Å²) in [6.07, 6.45) is -0.216. The molecule has 5 heteroatoms. The molecule has 2 atom stereocenters. The Labute approximate surface area is 105 Å². The summed E-state index contributed by atoms with van der Waals surface area (Å²) in [5.41, 5.74) is 0.0244. The van der Waals surface area contributed by atoms with Gasteiger partial charge in [0.25, 0.3) is 0 Å². The standard InChI is InChI=1S/C13H17F2NO2/c1-8(7-17)9(2)16-12(18)6-10-4-3-5-11(14)13(10)15/h3-5,8-9,17H,6-7H2,1-2H3,(H,16,18). The number of aliphatic hydroxyl groups excluding tert-OH is 1. The molecular formula is C13H17F2NO2. The van der Waals surface area contributed by atoms with Gasteiger partial charge in [-0.25, -0.2) is 8.78 Å². The lowest BCUT2D eigenvalue weighted by Gasteiger charge is -2.19. The molecule has 0 aliphatic carbocycles. The Bertz CT molecular complexity index is 423. The highest BCUT2D eigenvalue weighted by molar-refractivity contribution is 5.78. The molecule has 0 spiro atoms. The van der Waals surface area contributed by atoms with E-state index in [9.17, 15) is 13.6 Å². The Morgan fingerprint density at radius 3 is 2.67 bits per heavy atom. The van der Waals surface area contributed by atoms with Gasteiger partial charge in [0.1, 0.15) is 0 Å². The predicted molar refractivity (Wildman–Crippen MR) is 63.9 cm³/mol. The second-order valence-corrected chi connectivity index (χ2v) is 4.41. The minimum Gasteiger partial charge on any atom is -0.396 e. The van der Waals surface area contributed by atoms with Crippen molar-refractivity contribution in [2.45, 2.75) is 26.3 Å². The number of hydrogen-bond donors (Lipinski definition) is 2. The number of nitrogens with one attached hydrogen (secondary N) is 1. The molecule has 0 aromatic heterocycles. The van der Waals surface area contributed by atoms with Crippen molar-refractivity contribution < 1.29 is 18.7 Å². The van der Waals surface area contributed by atoms with Crippen molar-refractivity contribution in [3.05, 3.63) is 35.4 Å². The SMILES string of the molecule is CC(CO)C(C)NC(=O)Cc1cccc(F)c1F. The smallest absolute Gasteiger partial charge is 0.224 e. The molecule has 0 aliphatic heterocycles. The first kappa shape index (κ1) is 14.6. The first-order valence-electron chi connectivity index (χ1n) is 5.78. The van der Waals surface area contributed by atoms with Crippen molar-refractivity contribution in [1.29, 1.82) is 0 Å². The van der Waals surface area contributed by atoms with E-state index in [4.69, 9.17) is 5.11 Å². The second kappa shape index (κ2) is 6.44. The summed E-state index contributed by atoms with van der Waals surface area (Å²) in [4.78, 5) is 11.6. The van der Waals surface area contributed by atoms with Crippen LogP contribution in [-0.2, 0) is 11.2 Å².